The van der Waals surface area contributed by atoms with Crippen LogP contribution in [-0.4, -0.2) is 36.9 Å². The van der Waals surface area contributed by atoms with Crippen molar-refractivity contribution in [1.29, 1.82) is 0 Å². The number of halogens is 1. The van der Waals surface area contributed by atoms with Crippen molar-refractivity contribution in [2.75, 3.05) is 18.6 Å². The van der Waals surface area contributed by atoms with Gasteiger partial charge >= 0.3 is 5.97 Å². The molecule has 2 atom stereocenters. The van der Waals surface area contributed by atoms with E-state index in [0.717, 1.165) is 41.4 Å². The first-order valence-corrected chi connectivity index (χ1v) is 12.2. The number of unbranched alkanes of at least 4 members (excludes halogenated alkanes) is 6. The summed E-state index contributed by atoms with van der Waals surface area (Å²) >= 11 is 3.74. The van der Waals surface area contributed by atoms with E-state index < -0.39 is 6.10 Å². The summed E-state index contributed by atoms with van der Waals surface area (Å²) in [5.74, 6) is -0.228. The number of rotatable bonds is 10. The molecule has 4 nitrogen and oxygen atoms in total. The van der Waals surface area contributed by atoms with Gasteiger partial charge in [-0.1, -0.05) is 74.7 Å². The van der Waals surface area contributed by atoms with E-state index in [2.05, 4.69) is 46.8 Å². The molecule has 0 spiro atoms. The van der Waals surface area contributed by atoms with Gasteiger partial charge in [0.05, 0.1) is 6.10 Å². The molecule has 0 aliphatic carbocycles. The summed E-state index contributed by atoms with van der Waals surface area (Å²) < 4.78 is 6.52. The third-order valence-electron chi connectivity index (χ3n) is 5.87. The highest BCUT2D eigenvalue weighted by Crippen LogP contribution is 2.33. The fraction of sp³-hybridized carbons (Fsp3) is 0.708. The number of ether oxygens (including phenoxy) is 1. The van der Waals surface area contributed by atoms with Crippen LogP contribution >= 0.6 is 15.9 Å². The normalized spacial score (nSPS) is 19.9. The average molecular weight is 468 g/mol. The Morgan fingerprint density at radius 2 is 1.79 bits per heavy atom. The molecule has 0 saturated heterocycles. The van der Waals surface area contributed by atoms with Crippen molar-refractivity contribution in [3.8, 4) is 0 Å². The lowest BCUT2D eigenvalue weighted by atomic mass is 9.98. The number of fused-ring (bicyclic) bond motifs is 1. The van der Waals surface area contributed by atoms with Crippen LogP contribution < -0.4 is 4.90 Å². The summed E-state index contributed by atoms with van der Waals surface area (Å²) in [5.41, 5.74) is 3.40. The molecule has 0 unspecified atom stereocenters. The van der Waals surface area contributed by atoms with Crippen LogP contribution in [0, 0.1) is 0 Å². The summed E-state index contributed by atoms with van der Waals surface area (Å²) in [6.45, 7) is 4.44. The molecule has 1 aromatic rings. The molecule has 0 bridgehead atoms. The second-order valence-corrected chi connectivity index (χ2v) is 9.20. The van der Waals surface area contributed by atoms with Crippen LogP contribution in [0.25, 0.3) is 0 Å². The monoisotopic (exact) mass is 467 g/mol. The van der Waals surface area contributed by atoms with Gasteiger partial charge in [0.15, 0.2) is 0 Å². The highest BCUT2D eigenvalue weighted by molar-refractivity contribution is 9.10. The fourth-order valence-corrected chi connectivity index (χ4v) is 4.64. The Balaban J connectivity index is 2.21. The Bertz CT molecular complexity index is 649. The first-order valence-electron chi connectivity index (χ1n) is 11.4. The Kier molecular flexibility index (Phi) is 10.5. The van der Waals surface area contributed by atoms with Crippen LogP contribution in [0.4, 0.5) is 5.69 Å². The molecule has 1 aliphatic heterocycles. The first-order chi connectivity index (χ1) is 14.0. The van der Waals surface area contributed by atoms with Crippen LogP contribution in [0.15, 0.2) is 16.6 Å². The number of carbonyl (C=O) groups is 1. The molecular formula is C24H38BrNO3. The van der Waals surface area contributed by atoms with Crippen LogP contribution in [0.5, 0.6) is 0 Å². The fourth-order valence-electron chi connectivity index (χ4n) is 4.05. The topological polar surface area (TPSA) is 49.8 Å². The molecule has 0 aromatic heterocycles. The van der Waals surface area contributed by atoms with E-state index in [9.17, 15) is 9.90 Å². The standard InChI is InChI=1S/C24H38BrNO3/c1-4-6-8-9-10-11-12-18-16-23-19(15-21(18)25)14-20(27)17-29-24(28)22(26(23)3)13-7-5-2/h15-16,20,22,27H,4-14,17H2,1-3H3/t20-,22+/m1/s1. The third kappa shape index (κ3) is 7.29. The number of benzene rings is 1. The van der Waals surface area contributed by atoms with Gasteiger partial charge in [-0.3, -0.25) is 0 Å². The molecule has 0 radical (unpaired) electrons. The molecule has 1 aromatic carbocycles. The quantitative estimate of drug-likeness (QED) is 0.348. The second-order valence-electron chi connectivity index (χ2n) is 8.35. The molecule has 5 heteroatoms. The highest BCUT2D eigenvalue weighted by atomic mass is 79.9. The van der Waals surface area contributed by atoms with Gasteiger partial charge in [0, 0.05) is 23.6 Å². The predicted molar refractivity (Wildman–Crippen MR) is 124 cm³/mol. The van der Waals surface area contributed by atoms with E-state index in [4.69, 9.17) is 4.74 Å². The lowest BCUT2D eigenvalue weighted by Crippen LogP contribution is -2.40. The minimum Gasteiger partial charge on any atom is -0.461 e. The van der Waals surface area contributed by atoms with Gasteiger partial charge in [-0.15, -0.1) is 0 Å². The van der Waals surface area contributed by atoms with E-state index in [1.807, 2.05) is 7.05 Å². The van der Waals surface area contributed by atoms with Crippen molar-refractivity contribution in [3.05, 3.63) is 27.7 Å². The molecular weight excluding hydrogens is 430 g/mol. The van der Waals surface area contributed by atoms with E-state index in [1.54, 1.807) is 0 Å². The van der Waals surface area contributed by atoms with E-state index in [0.29, 0.717) is 6.42 Å². The summed E-state index contributed by atoms with van der Waals surface area (Å²) in [5, 5.41) is 10.3. The van der Waals surface area contributed by atoms with Gasteiger partial charge < -0.3 is 14.7 Å². The smallest absolute Gasteiger partial charge is 0.328 e. The van der Waals surface area contributed by atoms with Gasteiger partial charge in [-0.05, 0) is 42.5 Å². The summed E-state index contributed by atoms with van der Waals surface area (Å²) in [4.78, 5) is 14.7. The van der Waals surface area contributed by atoms with Crippen LogP contribution in [0.3, 0.4) is 0 Å². The maximum atomic E-state index is 12.7. The van der Waals surface area contributed by atoms with Gasteiger partial charge in [-0.25, -0.2) is 4.79 Å². The van der Waals surface area contributed by atoms with Crippen LogP contribution in [0.2, 0.25) is 0 Å². The third-order valence-corrected chi connectivity index (χ3v) is 6.61. The maximum Gasteiger partial charge on any atom is 0.328 e. The lowest BCUT2D eigenvalue weighted by molar-refractivity contribution is -0.148. The van der Waals surface area contributed by atoms with Gasteiger partial charge in [0.1, 0.15) is 12.6 Å². The van der Waals surface area contributed by atoms with Crippen molar-refractivity contribution in [3.63, 3.8) is 0 Å². The minimum absolute atomic E-state index is 0.0614. The van der Waals surface area contributed by atoms with Crippen molar-refractivity contribution in [2.24, 2.45) is 0 Å². The second kappa shape index (κ2) is 12.6. The molecule has 1 heterocycles. The molecule has 164 valence electrons. The zero-order valence-corrected chi connectivity index (χ0v) is 20.0. The molecule has 1 aliphatic rings. The molecule has 2 rings (SSSR count). The number of nitrogens with zero attached hydrogens (tertiary/aromatic N) is 1. The Labute approximate surface area is 185 Å². The van der Waals surface area contributed by atoms with Gasteiger partial charge in [-0.2, -0.15) is 0 Å². The largest absolute Gasteiger partial charge is 0.461 e. The van der Waals surface area contributed by atoms with Crippen molar-refractivity contribution >= 4 is 27.6 Å². The number of carbonyl (C=O) groups excluding carboxylic acids is 1. The average Bonchev–Trinajstić information content (AvgIpc) is 2.73. The number of likely N-dealkylation sites (N-methyl/N-ethyl adjacent to an activating group) is 1. The van der Waals surface area contributed by atoms with Crippen molar-refractivity contribution in [2.45, 2.75) is 96.6 Å². The zero-order chi connectivity index (χ0) is 21.2. The molecule has 1 N–H and O–H groups in total. The van der Waals surface area contributed by atoms with Gasteiger partial charge in [0.25, 0.3) is 0 Å². The number of hydrogen-bond donors (Lipinski definition) is 1. The molecule has 0 saturated carbocycles. The number of aliphatic hydroxyl groups excluding tert-OH is 1. The van der Waals surface area contributed by atoms with E-state index in [-0.39, 0.29) is 18.6 Å². The predicted octanol–water partition coefficient (Wildman–Crippen LogP) is 5.81. The molecule has 29 heavy (non-hydrogen) atoms. The number of aliphatic hydroxyl groups is 1. The van der Waals surface area contributed by atoms with Crippen molar-refractivity contribution in [1.82, 2.24) is 0 Å². The molecule has 0 amide bonds. The van der Waals surface area contributed by atoms with Gasteiger partial charge in [0.2, 0.25) is 0 Å². The van der Waals surface area contributed by atoms with E-state index in [1.165, 1.54) is 44.1 Å². The SMILES string of the molecule is CCCCCCCCc1cc2c(cc1Br)C[C@@H](O)COC(=O)[C@H](CCCC)N2C. The van der Waals surface area contributed by atoms with Crippen LogP contribution in [-0.2, 0) is 22.4 Å². The number of esters is 1. The minimum atomic E-state index is -0.674. The lowest BCUT2D eigenvalue weighted by Gasteiger charge is -2.30. The highest BCUT2D eigenvalue weighted by Gasteiger charge is 2.29. The Morgan fingerprint density at radius 3 is 2.52 bits per heavy atom. The number of hydrogen-bond acceptors (Lipinski definition) is 4. The first kappa shape index (κ1) is 24.2. The molecule has 0 fully saturated rings. The number of aryl methyl sites for hydroxylation is 1. The zero-order valence-electron chi connectivity index (χ0n) is 18.4. The van der Waals surface area contributed by atoms with Crippen LogP contribution in [0.1, 0.15) is 82.8 Å². The maximum absolute atomic E-state index is 12.7. The number of anilines is 1. The van der Waals surface area contributed by atoms with Crippen molar-refractivity contribution < 1.29 is 14.6 Å². The Hall–Kier alpha value is -1.07. The summed E-state index contributed by atoms with van der Waals surface area (Å²) in [6.07, 6.45) is 11.3. The van der Waals surface area contributed by atoms with E-state index >= 15 is 0 Å². The summed E-state index contributed by atoms with van der Waals surface area (Å²) in [7, 11) is 1.99. The number of cyclic esters (lactones) is 1. The Morgan fingerprint density at radius 1 is 1.10 bits per heavy atom. The summed E-state index contributed by atoms with van der Waals surface area (Å²) in [6, 6.07) is 4.05.